The minimum Gasteiger partial charge on any atom is -0.355 e. The lowest BCUT2D eigenvalue weighted by atomic mass is 9.66. The molecule has 1 heterocycles. The number of nitrogens with zero attached hydrogens (tertiary/aromatic N) is 2. The second-order valence-corrected chi connectivity index (χ2v) is 7.29. The Hall–Kier alpha value is -1.08. The molecule has 1 saturated heterocycles. The summed E-state index contributed by atoms with van der Waals surface area (Å²) >= 11 is 0. The van der Waals surface area contributed by atoms with Crippen molar-refractivity contribution in [3.8, 4) is 6.07 Å². The fraction of sp³-hybridized carbons (Fsp3) is 0.882. The van der Waals surface area contributed by atoms with Crippen LogP contribution in [-0.4, -0.2) is 36.5 Å². The van der Waals surface area contributed by atoms with Gasteiger partial charge in [-0.2, -0.15) is 5.26 Å². The molecular formula is C17H29N3O. The van der Waals surface area contributed by atoms with Crippen LogP contribution in [0.3, 0.4) is 0 Å². The minimum absolute atomic E-state index is 0.127. The van der Waals surface area contributed by atoms with Crippen molar-refractivity contribution in [2.75, 3.05) is 19.6 Å². The van der Waals surface area contributed by atoms with E-state index >= 15 is 0 Å². The molecule has 0 aromatic rings. The molecule has 0 bridgehead atoms. The number of hydrogen-bond acceptors (Lipinski definition) is 3. The lowest BCUT2D eigenvalue weighted by Crippen LogP contribution is -2.47. The number of hydrogen-bond donors (Lipinski definition) is 1. The highest BCUT2D eigenvalue weighted by molar-refractivity contribution is 5.76. The molecule has 3 atom stereocenters. The fourth-order valence-electron chi connectivity index (χ4n) is 3.82. The van der Waals surface area contributed by atoms with Crippen molar-refractivity contribution in [1.29, 1.82) is 5.26 Å². The zero-order chi connectivity index (χ0) is 15.5. The number of carbonyl (C=O) groups is 1. The number of amides is 1. The van der Waals surface area contributed by atoms with E-state index in [2.05, 4.69) is 37.1 Å². The highest BCUT2D eigenvalue weighted by atomic mass is 16.1. The summed E-state index contributed by atoms with van der Waals surface area (Å²) in [6.45, 7) is 9.38. The van der Waals surface area contributed by atoms with Gasteiger partial charge in [0.15, 0.2) is 0 Å². The molecule has 2 fully saturated rings. The van der Waals surface area contributed by atoms with Crippen molar-refractivity contribution in [2.45, 2.75) is 58.9 Å². The highest BCUT2D eigenvalue weighted by Gasteiger charge is 2.39. The highest BCUT2D eigenvalue weighted by Crippen LogP contribution is 2.43. The van der Waals surface area contributed by atoms with Gasteiger partial charge in [-0.05, 0) is 30.6 Å². The smallest absolute Gasteiger partial charge is 0.221 e. The van der Waals surface area contributed by atoms with Crippen LogP contribution in [0.2, 0.25) is 0 Å². The van der Waals surface area contributed by atoms with Crippen LogP contribution in [0.15, 0.2) is 0 Å². The molecule has 1 N–H and O–H groups in total. The second kappa shape index (κ2) is 6.79. The molecule has 2 aliphatic rings. The van der Waals surface area contributed by atoms with E-state index in [0.717, 1.165) is 32.5 Å². The molecule has 0 aromatic heterocycles. The van der Waals surface area contributed by atoms with Crippen LogP contribution in [0.5, 0.6) is 0 Å². The monoisotopic (exact) mass is 291 g/mol. The van der Waals surface area contributed by atoms with Crippen molar-refractivity contribution in [1.82, 2.24) is 10.2 Å². The van der Waals surface area contributed by atoms with Crippen LogP contribution >= 0.6 is 0 Å². The van der Waals surface area contributed by atoms with E-state index in [1.165, 1.54) is 12.8 Å². The van der Waals surface area contributed by atoms with E-state index < -0.39 is 0 Å². The van der Waals surface area contributed by atoms with Crippen LogP contribution in [0.1, 0.15) is 52.9 Å². The van der Waals surface area contributed by atoms with Gasteiger partial charge in [0.2, 0.25) is 5.91 Å². The number of carbonyl (C=O) groups excluding carboxylic acids is 1. The Morgan fingerprint density at radius 1 is 1.38 bits per heavy atom. The normalized spacial score (nSPS) is 32.1. The molecule has 4 heteroatoms. The van der Waals surface area contributed by atoms with E-state index in [0.29, 0.717) is 23.8 Å². The topological polar surface area (TPSA) is 56.1 Å². The molecule has 1 aliphatic heterocycles. The van der Waals surface area contributed by atoms with Crippen LogP contribution in [0.25, 0.3) is 0 Å². The van der Waals surface area contributed by atoms with Gasteiger partial charge in [0, 0.05) is 32.1 Å². The number of rotatable bonds is 3. The largest absolute Gasteiger partial charge is 0.355 e. The summed E-state index contributed by atoms with van der Waals surface area (Å²) in [5.74, 6) is 0.957. The Kier molecular flexibility index (Phi) is 5.27. The van der Waals surface area contributed by atoms with Gasteiger partial charge in [0.05, 0.1) is 12.0 Å². The maximum Gasteiger partial charge on any atom is 0.221 e. The summed E-state index contributed by atoms with van der Waals surface area (Å²) in [5, 5.41) is 12.4. The Morgan fingerprint density at radius 2 is 2.14 bits per heavy atom. The summed E-state index contributed by atoms with van der Waals surface area (Å²) in [7, 11) is 0. The van der Waals surface area contributed by atoms with E-state index in [1.54, 1.807) is 0 Å². The molecule has 1 aliphatic carbocycles. The first kappa shape index (κ1) is 16.3. The first-order valence-corrected chi connectivity index (χ1v) is 8.38. The molecule has 0 spiro atoms. The summed E-state index contributed by atoms with van der Waals surface area (Å²) in [4.78, 5) is 13.9. The van der Waals surface area contributed by atoms with Crippen LogP contribution in [0.4, 0.5) is 0 Å². The SMILES string of the molecule is CCC(C)(C)C1CCC(C#N)C(N2CCNC(=O)CC2)C1. The Balaban J connectivity index is 2.09. The van der Waals surface area contributed by atoms with Crippen LogP contribution in [-0.2, 0) is 4.79 Å². The van der Waals surface area contributed by atoms with Crippen LogP contribution in [0, 0.1) is 28.6 Å². The maximum absolute atomic E-state index is 11.5. The van der Waals surface area contributed by atoms with E-state index in [9.17, 15) is 10.1 Å². The third-order valence-corrected chi connectivity index (χ3v) is 5.82. The third kappa shape index (κ3) is 3.77. The fourth-order valence-corrected chi connectivity index (χ4v) is 3.82. The standard InChI is InChI=1S/C17H29N3O/c1-4-17(2,3)14-6-5-13(12-18)15(11-14)20-9-7-16(21)19-8-10-20/h13-15H,4-11H2,1-3H3,(H,19,21). The van der Waals surface area contributed by atoms with Crippen LogP contribution < -0.4 is 5.32 Å². The van der Waals surface area contributed by atoms with E-state index in [4.69, 9.17) is 0 Å². The van der Waals surface area contributed by atoms with Gasteiger partial charge < -0.3 is 5.32 Å². The van der Waals surface area contributed by atoms with Crippen molar-refractivity contribution >= 4 is 5.91 Å². The van der Waals surface area contributed by atoms with Gasteiger partial charge in [-0.3, -0.25) is 9.69 Å². The molecule has 1 amide bonds. The van der Waals surface area contributed by atoms with Crippen molar-refractivity contribution in [3.63, 3.8) is 0 Å². The molecule has 1 saturated carbocycles. The molecule has 3 unspecified atom stereocenters. The van der Waals surface area contributed by atoms with Gasteiger partial charge in [-0.15, -0.1) is 0 Å². The lowest BCUT2D eigenvalue weighted by Gasteiger charge is -2.45. The Bertz CT molecular complexity index is 413. The Morgan fingerprint density at radius 3 is 2.81 bits per heavy atom. The van der Waals surface area contributed by atoms with Crippen molar-refractivity contribution < 1.29 is 4.79 Å². The summed E-state index contributed by atoms with van der Waals surface area (Å²) in [6.07, 6.45) is 5.03. The molecule has 118 valence electrons. The molecule has 0 radical (unpaired) electrons. The first-order chi connectivity index (χ1) is 9.97. The van der Waals surface area contributed by atoms with Crippen molar-refractivity contribution in [3.05, 3.63) is 0 Å². The average molecular weight is 291 g/mol. The summed E-state index contributed by atoms with van der Waals surface area (Å²) < 4.78 is 0. The lowest BCUT2D eigenvalue weighted by molar-refractivity contribution is -0.120. The Labute approximate surface area is 128 Å². The van der Waals surface area contributed by atoms with Gasteiger partial charge in [0.1, 0.15) is 0 Å². The van der Waals surface area contributed by atoms with Gasteiger partial charge in [0.25, 0.3) is 0 Å². The zero-order valence-electron chi connectivity index (χ0n) is 13.7. The van der Waals surface area contributed by atoms with Gasteiger partial charge in [-0.25, -0.2) is 0 Å². The molecule has 2 rings (SSSR count). The second-order valence-electron chi connectivity index (χ2n) is 7.29. The molecule has 0 aromatic carbocycles. The van der Waals surface area contributed by atoms with E-state index in [1.807, 2.05) is 0 Å². The van der Waals surface area contributed by atoms with E-state index in [-0.39, 0.29) is 11.8 Å². The van der Waals surface area contributed by atoms with Crippen molar-refractivity contribution in [2.24, 2.45) is 17.3 Å². The van der Waals surface area contributed by atoms with Gasteiger partial charge >= 0.3 is 0 Å². The maximum atomic E-state index is 11.5. The predicted octanol–water partition coefficient (Wildman–Crippen LogP) is 2.55. The number of nitrogens with one attached hydrogen (secondary N) is 1. The zero-order valence-corrected chi connectivity index (χ0v) is 13.7. The predicted molar refractivity (Wildman–Crippen MR) is 83.5 cm³/mol. The first-order valence-electron chi connectivity index (χ1n) is 8.38. The third-order valence-electron chi connectivity index (χ3n) is 5.82. The minimum atomic E-state index is 0.127. The summed E-state index contributed by atoms with van der Waals surface area (Å²) in [6, 6.07) is 2.85. The molecule has 21 heavy (non-hydrogen) atoms. The molecular weight excluding hydrogens is 262 g/mol. The molecule has 4 nitrogen and oxygen atoms in total. The average Bonchev–Trinajstić information content (AvgIpc) is 2.71. The summed E-state index contributed by atoms with van der Waals surface area (Å²) in [5.41, 5.74) is 0.346. The van der Waals surface area contributed by atoms with Gasteiger partial charge in [-0.1, -0.05) is 27.2 Å². The quantitative estimate of drug-likeness (QED) is 0.869. The number of nitriles is 1.